The molecule has 116 valence electrons. The van der Waals surface area contributed by atoms with E-state index in [0.717, 1.165) is 30.2 Å². The van der Waals surface area contributed by atoms with Crippen molar-refractivity contribution in [2.75, 3.05) is 13.3 Å². The van der Waals surface area contributed by atoms with Gasteiger partial charge in [0.25, 0.3) is 0 Å². The van der Waals surface area contributed by atoms with Gasteiger partial charge in [-0.2, -0.15) is 0 Å². The van der Waals surface area contributed by atoms with Gasteiger partial charge >= 0.3 is 0 Å². The number of nitrogens with one attached hydrogen (secondary N) is 1. The Morgan fingerprint density at radius 2 is 1.90 bits per heavy atom. The quantitative estimate of drug-likeness (QED) is 0.838. The van der Waals surface area contributed by atoms with E-state index in [1.54, 1.807) is 0 Å². The molecule has 0 amide bonds. The lowest BCUT2D eigenvalue weighted by Gasteiger charge is -2.38. The molecule has 0 saturated carbocycles. The molecule has 0 radical (unpaired) electrons. The second kappa shape index (κ2) is 5.76. The number of unbranched alkanes of at least 4 members (excludes halogenated alkanes) is 2. The average Bonchev–Trinajstić information content (AvgIpc) is 2.87. The number of hydrogen-bond donors (Lipinski definition) is 1. The summed E-state index contributed by atoms with van der Waals surface area (Å²) >= 11 is 0. The molecule has 0 aliphatic carbocycles. The second-order valence-corrected chi connectivity index (χ2v) is 6.52. The predicted octanol–water partition coefficient (Wildman–Crippen LogP) is 3.80. The Kier molecular flexibility index (Phi) is 3.98. The fourth-order valence-corrected chi connectivity index (χ4v) is 3.07. The molecule has 1 unspecified atom stereocenters. The highest BCUT2D eigenvalue weighted by Crippen LogP contribution is 2.46. The summed E-state index contributed by atoms with van der Waals surface area (Å²) in [5.74, 6) is 2.54. The van der Waals surface area contributed by atoms with Crippen molar-refractivity contribution >= 4 is 0 Å². The smallest absolute Gasteiger partial charge is 0.231 e. The van der Waals surface area contributed by atoms with Gasteiger partial charge in [0.2, 0.25) is 6.79 Å². The van der Waals surface area contributed by atoms with E-state index in [2.05, 4.69) is 32.2 Å². The van der Waals surface area contributed by atoms with Crippen LogP contribution in [0.2, 0.25) is 0 Å². The molecule has 4 heteroatoms. The number of fused-ring (bicyclic) bond motifs is 2. The topological polar surface area (TPSA) is 39.7 Å². The fraction of sp³-hybridized carbons (Fsp3) is 0.647. The van der Waals surface area contributed by atoms with Crippen LogP contribution < -0.4 is 19.5 Å². The van der Waals surface area contributed by atoms with Crippen LogP contribution in [0.25, 0.3) is 0 Å². The van der Waals surface area contributed by atoms with Crippen molar-refractivity contribution in [3.63, 3.8) is 0 Å². The van der Waals surface area contributed by atoms with Crippen LogP contribution in [-0.2, 0) is 0 Å². The molecule has 0 bridgehead atoms. The van der Waals surface area contributed by atoms with Gasteiger partial charge in [-0.05, 0) is 32.9 Å². The zero-order valence-electron chi connectivity index (χ0n) is 13.2. The summed E-state index contributed by atoms with van der Waals surface area (Å²) in [5, 5.41) is 3.68. The molecule has 1 aromatic carbocycles. The van der Waals surface area contributed by atoms with Gasteiger partial charge in [-0.1, -0.05) is 19.8 Å². The van der Waals surface area contributed by atoms with E-state index in [1.165, 1.54) is 24.8 Å². The molecule has 1 N–H and O–H groups in total. The van der Waals surface area contributed by atoms with Gasteiger partial charge in [0.15, 0.2) is 11.5 Å². The van der Waals surface area contributed by atoms with Crippen molar-refractivity contribution in [3.05, 3.63) is 17.7 Å². The summed E-state index contributed by atoms with van der Waals surface area (Å²) in [6.45, 7) is 7.86. The van der Waals surface area contributed by atoms with Gasteiger partial charge in [0.05, 0.1) is 0 Å². The van der Waals surface area contributed by atoms with Crippen molar-refractivity contribution in [2.45, 2.75) is 58.1 Å². The van der Waals surface area contributed by atoms with Crippen molar-refractivity contribution in [1.82, 2.24) is 5.32 Å². The van der Waals surface area contributed by atoms with Crippen molar-refractivity contribution < 1.29 is 14.2 Å². The minimum absolute atomic E-state index is 0.164. The molecular formula is C17H25NO3. The molecular weight excluding hydrogens is 266 g/mol. The Morgan fingerprint density at radius 1 is 1.14 bits per heavy atom. The lowest BCUT2D eigenvalue weighted by molar-refractivity contribution is 0.0658. The Labute approximate surface area is 126 Å². The lowest BCUT2D eigenvalue weighted by atomic mass is 9.89. The number of ether oxygens (including phenoxy) is 3. The highest BCUT2D eigenvalue weighted by atomic mass is 16.7. The molecule has 0 fully saturated rings. The molecule has 1 atom stereocenters. The molecule has 0 saturated heterocycles. The van der Waals surface area contributed by atoms with Crippen LogP contribution in [0.3, 0.4) is 0 Å². The Bertz CT molecular complexity index is 513. The summed E-state index contributed by atoms with van der Waals surface area (Å²) in [6, 6.07) is 4.36. The van der Waals surface area contributed by atoms with E-state index in [9.17, 15) is 0 Å². The zero-order chi connectivity index (χ0) is 14.9. The van der Waals surface area contributed by atoms with Crippen LogP contribution in [0.4, 0.5) is 0 Å². The van der Waals surface area contributed by atoms with Crippen LogP contribution in [0.15, 0.2) is 12.1 Å². The van der Waals surface area contributed by atoms with Crippen LogP contribution in [0, 0.1) is 0 Å². The van der Waals surface area contributed by atoms with Crippen molar-refractivity contribution in [3.8, 4) is 17.2 Å². The summed E-state index contributed by atoms with van der Waals surface area (Å²) in [5.41, 5.74) is 1.03. The number of rotatable bonds is 5. The fourth-order valence-electron chi connectivity index (χ4n) is 3.07. The first-order chi connectivity index (χ1) is 10.1. The van der Waals surface area contributed by atoms with Gasteiger partial charge in [-0.25, -0.2) is 0 Å². The minimum atomic E-state index is -0.164. The first kappa shape index (κ1) is 14.5. The molecule has 2 heterocycles. The van der Waals surface area contributed by atoms with E-state index in [-0.39, 0.29) is 5.60 Å². The van der Waals surface area contributed by atoms with E-state index >= 15 is 0 Å². The van der Waals surface area contributed by atoms with Gasteiger partial charge in [0, 0.05) is 24.1 Å². The molecule has 3 rings (SSSR count). The average molecular weight is 291 g/mol. The standard InChI is InChI=1S/C17H25NO3/c1-4-5-6-7-18-13-10-17(2,3)21-14-9-16-15(8-12(13)14)19-11-20-16/h8-9,13,18H,4-7,10-11H2,1-3H3. The third kappa shape index (κ3) is 3.10. The molecule has 0 spiro atoms. The maximum absolute atomic E-state index is 6.13. The van der Waals surface area contributed by atoms with Gasteiger partial charge in [-0.15, -0.1) is 0 Å². The minimum Gasteiger partial charge on any atom is -0.487 e. The van der Waals surface area contributed by atoms with Crippen LogP contribution in [-0.4, -0.2) is 18.9 Å². The largest absolute Gasteiger partial charge is 0.487 e. The van der Waals surface area contributed by atoms with Crippen LogP contribution in [0.1, 0.15) is 58.1 Å². The molecule has 4 nitrogen and oxygen atoms in total. The molecule has 2 aliphatic heterocycles. The summed E-state index contributed by atoms with van der Waals surface area (Å²) in [6.07, 6.45) is 4.70. The summed E-state index contributed by atoms with van der Waals surface area (Å²) < 4.78 is 17.1. The third-order valence-electron chi connectivity index (χ3n) is 4.13. The van der Waals surface area contributed by atoms with Crippen molar-refractivity contribution in [1.29, 1.82) is 0 Å². The SMILES string of the molecule is CCCCCNC1CC(C)(C)Oc2cc3c(cc21)OCO3. The van der Waals surface area contributed by atoms with Crippen molar-refractivity contribution in [2.24, 2.45) is 0 Å². The molecule has 1 aromatic rings. The first-order valence-corrected chi connectivity index (χ1v) is 7.95. The Morgan fingerprint density at radius 3 is 2.67 bits per heavy atom. The van der Waals surface area contributed by atoms with Gasteiger partial charge in [-0.3, -0.25) is 0 Å². The van der Waals surface area contributed by atoms with E-state index in [4.69, 9.17) is 14.2 Å². The summed E-state index contributed by atoms with van der Waals surface area (Å²) in [4.78, 5) is 0. The highest BCUT2D eigenvalue weighted by molar-refractivity contribution is 5.53. The lowest BCUT2D eigenvalue weighted by Crippen LogP contribution is -2.39. The van der Waals surface area contributed by atoms with E-state index < -0.39 is 0 Å². The number of benzene rings is 1. The number of hydrogen-bond acceptors (Lipinski definition) is 4. The second-order valence-electron chi connectivity index (χ2n) is 6.52. The summed E-state index contributed by atoms with van der Waals surface area (Å²) in [7, 11) is 0. The maximum Gasteiger partial charge on any atom is 0.231 e. The van der Waals surface area contributed by atoms with Gasteiger partial charge in [0.1, 0.15) is 11.4 Å². The molecule has 2 aliphatic rings. The monoisotopic (exact) mass is 291 g/mol. The molecule has 21 heavy (non-hydrogen) atoms. The molecule has 0 aromatic heterocycles. The van der Waals surface area contributed by atoms with E-state index in [1.807, 2.05) is 6.07 Å². The first-order valence-electron chi connectivity index (χ1n) is 7.95. The highest BCUT2D eigenvalue weighted by Gasteiger charge is 2.35. The van der Waals surface area contributed by atoms with Crippen LogP contribution >= 0.6 is 0 Å². The van der Waals surface area contributed by atoms with Gasteiger partial charge < -0.3 is 19.5 Å². The normalized spacial score (nSPS) is 21.8. The van der Waals surface area contributed by atoms with Crippen LogP contribution in [0.5, 0.6) is 17.2 Å². The van der Waals surface area contributed by atoms with E-state index in [0.29, 0.717) is 12.8 Å². The Balaban J connectivity index is 1.81. The third-order valence-corrected chi connectivity index (χ3v) is 4.13. The maximum atomic E-state index is 6.13. The predicted molar refractivity (Wildman–Crippen MR) is 82.2 cm³/mol. The Hall–Kier alpha value is -1.42. The zero-order valence-corrected chi connectivity index (χ0v) is 13.2.